The average molecular weight is 174 g/mol. The third kappa shape index (κ3) is 1.87. The van der Waals surface area contributed by atoms with Crippen molar-refractivity contribution in [3.05, 3.63) is 14.7 Å². The van der Waals surface area contributed by atoms with Crippen LogP contribution in [0.2, 0.25) is 0 Å². The number of nitrogens with one attached hydrogen (secondary N) is 1. The number of nitrogens with zero attached hydrogens (tertiary/aromatic N) is 1. The van der Waals surface area contributed by atoms with E-state index in [1.165, 1.54) is 0 Å². The zero-order valence-corrected chi connectivity index (χ0v) is 6.60. The first-order chi connectivity index (χ1) is 5.24. The zero-order valence-electron chi connectivity index (χ0n) is 5.79. The van der Waals surface area contributed by atoms with Gasteiger partial charge in [-0.3, -0.25) is 4.79 Å². The molecule has 0 aliphatic heterocycles. The minimum Gasteiger partial charge on any atom is -0.461 e. The lowest BCUT2D eigenvalue weighted by atomic mass is 10.7. The molecule has 0 aliphatic rings. The summed E-state index contributed by atoms with van der Waals surface area (Å²) in [6, 6.07) is 0. The predicted octanol–water partition coefficient (Wildman–Crippen LogP) is 0.00810. The van der Waals surface area contributed by atoms with E-state index < -0.39 is 5.97 Å². The molecule has 5 nitrogen and oxygen atoms in total. The number of carbonyl (C=O) groups is 1. The van der Waals surface area contributed by atoms with Crippen LogP contribution in [-0.4, -0.2) is 22.8 Å². The number of hydrogen-bond acceptors (Lipinski definition) is 5. The Balaban J connectivity index is 2.76. The van der Waals surface area contributed by atoms with Gasteiger partial charge in [-0.1, -0.05) is 0 Å². The smallest absolute Gasteiger partial charge is 0.369 e. The summed E-state index contributed by atoms with van der Waals surface area (Å²) in [5.41, 5.74) is 0. The maximum absolute atomic E-state index is 10.8. The van der Waals surface area contributed by atoms with E-state index in [0.29, 0.717) is 0 Å². The van der Waals surface area contributed by atoms with Gasteiger partial charge in [-0.25, -0.2) is 9.89 Å². The summed E-state index contributed by atoms with van der Waals surface area (Å²) >= 11 is 0.739. The minimum atomic E-state index is -0.559. The van der Waals surface area contributed by atoms with Gasteiger partial charge in [0.1, 0.15) is 0 Å². The van der Waals surface area contributed by atoms with Gasteiger partial charge in [0, 0.05) is 0 Å². The van der Waals surface area contributed by atoms with Crippen LogP contribution in [0.5, 0.6) is 0 Å². The van der Waals surface area contributed by atoms with Crippen molar-refractivity contribution < 1.29 is 9.53 Å². The lowest BCUT2D eigenvalue weighted by molar-refractivity contribution is 0.0525. The maximum atomic E-state index is 10.8. The Morgan fingerprint density at radius 3 is 3.00 bits per heavy atom. The summed E-state index contributed by atoms with van der Waals surface area (Å²) in [7, 11) is 0. The van der Waals surface area contributed by atoms with E-state index in [1.807, 2.05) is 0 Å². The predicted molar refractivity (Wildman–Crippen MR) is 38.7 cm³/mol. The van der Waals surface area contributed by atoms with E-state index in [1.54, 1.807) is 6.92 Å². The van der Waals surface area contributed by atoms with Gasteiger partial charge in [0.2, 0.25) is 5.01 Å². The summed E-state index contributed by atoms with van der Waals surface area (Å²) < 4.78 is 4.59. The van der Waals surface area contributed by atoms with Crippen molar-refractivity contribution >= 4 is 17.3 Å². The molecular weight excluding hydrogens is 168 g/mol. The Kier molecular flexibility index (Phi) is 2.37. The first-order valence-electron chi connectivity index (χ1n) is 2.96. The quantitative estimate of drug-likeness (QED) is 0.641. The van der Waals surface area contributed by atoms with Crippen LogP contribution in [0.25, 0.3) is 0 Å². The van der Waals surface area contributed by atoms with Crippen molar-refractivity contribution in [2.75, 3.05) is 6.61 Å². The SMILES string of the molecule is CCOC(=O)c1n[nH]c(=O)s1. The first kappa shape index (κ1) is 7.93. The molecule has 6 heteroatoms. The van der Waals surface area contributed by atoms with Gasteiger partial charge in [-0.15, -0.1) is 0 Å². The molecule has 0 saturated carbocycles. The number of carbonyl (C=O) groups excluding carboxylic acids is 1. The van der Waals surface area contributed by atoms with E-state index in [-0.39, 0.29) is 16.5 Å². The molecule has 1 rings (SSSR count). The van der Waals surface area contributed by atoms with E-state index in [9.17, 15) is 9.59 Å². The Labute approximate surface area is 66.0 Å². The van der Waals surface area contributed by atoms with Crippen LogP contribution in [0.3, 0.4) is 0 Å². The van der Waals surface area contributed by atoms with Crippen LogP contribution in [0, 0.1) is 0 Å². The van der Waals surface area contributed by atoms with Crippen LogP contribution < -0.4 is 4.87 Å². The molecule has 0 bridgehead atoms. The second-order valence-electron chi connectivity index (χ2n) is 1.64. The van der Waals surface area contributed by atoms with Crippen molar-refractivity contribution in [1.29, 1.82) is 0 Å². The highest BCUT2D eigenvalue weighted by molar-refractivity contribution is 7.10. The molecule has 0 aromatic carbocycles. The van der Waals surface area contributed by atoms with E-state index in [4.69, 9.17) is 0 Å². The minimum absolute atomic E-state index is 0.0665. The standard InChI is InChI=1S/C5H6N2O3S/c1-2-10-4(8)3-6-7-5(9)11-3/h2H2,1H3,(H,7,9). The van der Waals surface area contributed by atoms with Crippen LogP contribution >= 0.6 is 11.3 Å². The number of esters is 1. The van der Waals surface area contributed by atoms with Crippen LogP contribution in [0.15, 0.2) is 4.79 Å². The molecule has 0 radical (unpaired) electrons. The second kappa shape index (κ2) is 3.29. The van der Waals surface area contributed by atoms with Gasteiger partial charge in [-0.2, -0.15) is 5.10 Å². The second-order valence-corrected chi connectivity index (χ2v) is 2.60. The largest absolute Gasteiger partial charge is 0.461 e. The van der Waals surface area contributed by atoms with Crippen molar-refractivity contribution in [2.24, 2.45) is 0 Å². The van der Waals surface area contributed by atoms with E-state index in [2.05, 4.69) is 14.9 Å². The molecule has 0 aliphatic carbocycles. The lowest BCUT2D eigenvalue weighted by Crippen LogP contribution is -2.03. The van der Waals surface area contributed by atoms with Gasteiger partial charge < -0.3 is 4.74 Å². The Morgan fingerprint density at radius 1 is 1.82 bits per heavy atom. The molecule has 11 heavy (non-hydrogen) atoms. The molecule has 1 aromatic rings. The topological polar surface area (TPSA) is 72.0 Å². The third-order valence-electron chi connectivity index (χ3n) is 0.888. The fraction of sp³-hybridized carbons (Fsp3) is 0.400. The first-order valence-corrected chi connectivity index (χ1v) is 3.78. The maximum Gasteiger partial charge on any atom is 0.369 e. The monoisotopic (exact) mass is 174 g/mol. The molecule has 1 N–H and O–H groups in total. The van der Waals surface area contributed by atoms with Crippen LogP contribution in [0.4, 0.5) is 0 Å². The van der Waals surface area contributed by atoms with Crippen LogP contribution in [0.1, 0.15) is 16.7 Å². The fourth-order valence-electron chi connectivity index (χ4n) is 0.510. The Morgan fingerprint density at radius 2 is 2.55 bits per heavy atom. The molecule has 0 atom stereocenters. The van der Waals surface area contributed by atoms with Gasteiger partial charge in [0.15, 0.2) is 0 Å². The number of ether oxygens (including phenoxy) is 1. The lowest BCUT2D eigenvalue weighted by Gasteiger charge is -1.93. The molecule has 1 aromatic heterocycles. The summed E-state index contributed by atoms with van der Waals surface area (Å²) in [4.78, 5) is 21.0. The normalized spacial score (nSPS) is 9.55. The molecule has 0 saturated heterocycles. The number of aromatic nitrogens is 2. The highest BCUT2D eigenvalue weighted by atomic mass is 32.1. The third-order valence-corrected chi connectivity index (χ3v) is 1.62. The van der Waals surface area contributed by atoms with E-state index >= 15 is 0 Å². The summed E-state index contributed by atoms with van der Waals surface area (Å²) in [6.07, 6.45) is 0. The molecule has 60 valence electrons. The molecule has 1 heterocycles. The molecule has 0 fully saturated rings. The number of H-pyrrole nitrogens is 1. The number of aromatic amines is 1. The zero-order chi connectivity index (χ0) is 8.27. The van der Waals surface area contributed by atoms with Gasteiger partial charge >= 0.3 is 10.8 Å². The summed E-state index contributed by atoms with van der Waals surface area (Å²) in [5.74, 6) is -0.559. The van der Waals surface area contributed by atoms with Crippen molar-refractivity contribution in [3.8, 4) is 0 Å². The molecule has 0 amide bonds. The molecule has 0 spiro atoms. The molecular formula is C5H6N2O3S. The Hall–Kier alpha value is -1.17. The highest BCUT2D eigenvalue weighted by Gasteiger charge is 2.10. The van der Waals surface area contributed by atoms with Crippen molar-refractivity contribution in [1.82, 2.24) is 10.2 Å². The van der Waals surface area contributed by atoms with Crippen molar-refractivity contribution in [3.63, 3.8) is 0 Å². The summed E-state index contributed by atoms with van der Waals surface area (Å²) in [6.45, 7) is 1.97. The average Bonchev–Trinajstić information content (AvgIpc) is 2.36. The van der Waals surface area contributed by atoms with Gasteiger partial charge in [0.05, 0.1) is 6.61 Å². The van der Waals surface area contributed by atoms with E-state index in [0.717, 1.165) is 11.3 Å². The molecule has 0 unspecified atom stereocenters. The van der Waals surface area contributed by atoms with Gasteiger partial charge in [-0.05, 0) is 18.3 Å². The Bertz CT molecular complexity index is 303. The van der Waals surface area contributed by atoms with Crippen LogP contribution in [-0.2, 0) is 4.74 Å². The number of hydrogen-bond donors (Lipinski definition) is 1. The number of rotatable bonds is 2. The highest BCUT2D eigenvalue weighted by Crippen LogP contribution is 1.98. The summed E-state index contributed by atoms with van der Waals surface area (Å²) in [5, 5.41) is 5.63. The van der Waals surface area contributed by atoms with Gasteiger partial charge in [0.25, 0.3) is 0 Å². The van der Waals surface area contributed by atoms with Crippen molar-refractivity contribution in [2.45, 2.75) is 6.92 Å². The fourth-order valence-corrected chi connectivity index (χ4v) is 1.01.